The zero-order chi connectivity index (χ0) is 32.7. The van der Waals surface area contributed by atoms with Gasteiger partial charge in [0.15, 0.2) is 21.5 Å². The lowest BCUT2D eigenvalue weighted by molar-refractivity contribution is -0.274. The molecule has 9 nitrogen and oxygen atoms in total. The number of ether oxygens (including phenoxy) is 1. The summed E-state index contributed by atoms with van der Waals surface area (Å²) in [5, 5.41) is 19.2. The van der Waals surface area contributed by atoms with Gasteiger partial charge in [-0.1, -0.05) is 6.07 Å². The SMILES string of the molecule is Cc1cn(-c2ccc(-c3cc(F)c(CO)c(S(C)(=O)=O)c3)cc2-c2oc(CCO)nc2-c2ccc(OC(F)(F)F)cc2)c(C)n1. The molecule has 0 bridgehead atoms. The largest absolute Gasteiger partial charge is 0.573 e. The zero-order valence-electron chi connectivity index (χ0n) is 24.2. The highest BCUT2D eigenvalue weighted by Gasteiger charge is 2.31. The van der Waals surface area contributed by atoms with Crippen molar-refractivity contribution < 1.29 is 45.3 Å². The molecule has 2 aromatic heterocycles. The third-order valence-electron chi connectivity index (χ3n) is 6.91. The van der Waals surface area contributed by atoms with E-state index in [-0.39, 0.29) is 46.4 Å². The van der Waals surface area contributed by atoms with E-state index in [2.05, 4.69) is 14.7 Å². The minimum absolute atomic E-state index is 0.0338. The number of aromatic nitrogens is 3. The monoisotopic (exact) mass is 645 g/mol. The Morgan fingerprint density at radius 1 is 0.956 bits per heavy atom. The molecule has 0 unspecified atom stereocenters. The van der Waals surface area contributed by atoms with Crippen LogP contribution in [0.25, 0.3) is 39.4 Å². The number of aryl methyl sites for hydroxylation is 2. The number of rotatable bonds is 9. The number of sulfone groups is 1. The molecule has 0 aliphatic rings. The van der Waals surface area contributed by atoms with Gasteiger partial charge in [0.2, 0.25) is 0 Å². The van der Waals surface area contributed by atoms with Gasteiger partial charge in [-0.05, 0) is 73.5 Å². The van der Waals surface area contributed by atoms with Crippen LogP contribution in [0.15, 0.2) is 70.1 Å². The van der Waals surface area contributed by atoms with Gasteiger partial charge in [0.1, 0.15) is 23.1 Å². The molecule has 3 aromatic carbocycles. The molecular weight excluding hydrogens is 618 g/mol. The molecule has 0 saturated heterocycles. The van der Waals surface area contributed by atoms with Crippen molar-refractivity contribution in [3.63, 3.8) is 0 Å². The predicted octanol–water partition coefficient (Wildman–Crippen LogP) is 5.95. The Balaban J connectivity index is 1.76. The van der Waals surface area contributed by atoms with E-state index >= 15 is 4.39 Å². The van der Waals surface area contributed by atoms with Crippen LogP contribution in [0.3, 0.4) is 0 Å². The first-order chi connectivity index (χ1) is 21.2. The first-order valence-corrected chi connectivity index (χ1v) is 15.4. The Labute approximate surface area is 255 Å². The van der Waals surface area contributed by atoms with E-state index < -0.39 is 34.4 Å². The molecule has 0 radical (unpaired) electrons. The smallest absolute Gasteiger partial charge is 0.440 e. The average Bonchev–Trinajstić information content (AvgIpc) is 3.53. The molecule has 2 N–H and O–H groups in total. The predicted molar refractivity (Wildman–Crippen MR) is 156 cm³/mol. The summed E-state index contributed by atoms with van der Waals surface area (Å²) in [5.74, 6) is -0.403. The fourth-order valence-corrected chi connectivity index (χ4v) is 5.94. The second-order valence-corrected chi connectivity index (χ2v) is 12.2. The normalized spacial score (nSPS) is 12.1. The summed E-state index contributed by atoms with van der Waals surface area (Å²) in [6.07, 6.45) is -2.15. The number of imidazole rings is 1. The van der Waals surface area contributed by atoms with E-state index in [1.54, 1.807) is 42.8 Å². The number of oxazole rings is 1. The van der Waals surface area contributed by atoms with Crippen LogP contribution in [0.4, 0.5) is 17.6 Å². The summed E-state index contributed by atoms with van der Waals surface area (Å²) in [4.78, 5) is 8.62. The molecule has 0 atom stereocenters. The first-order valence-electron chi connectivity index (χ1n) is 13.5. The van der Waals surface area contributed by atoms with Crippen LogP contribution in [0.5, 0.6) is 5.75 Å². The highest BCUT2D eigenvalue weighted by molar-refractivity contribution is 7.90. The van der Waals surface area contributed by atoms with E-state index in [1.165, 1.54) is 18.2 Å². The van der Waals surface area contributed by atoms with Crippen LogP contribution >= 0.6 is 0 Å². The van der Waals surface area contributed by atoms with E-state index in [0.29, 0.717) is 33.9 Å². The second-order valence-electron chi connectivity index (χ2n) is 10.2. The Morgan fingerprint density at radius 3 is 2.22 bits per heavy atom. The van der Waals surface area contributed by atoms with Crippen LogP contribution in [0, 0.1) is 19.7 Å². The van der Waals surface area contributed by atoms with Crippen LogP contribution in [0.1, 0.15) is 23.0 Å². The number of benzene rings is 3. The van der Waals surface area contributed by atoms with Crippen LogP contribution in [-0.4, -0.2) is 52.4 Å². The third kappa shape index (κ3) is 6.77. The summed E-state index contributed by atoms with van der Waals surface area (Å²) in [6, 6.07) is 12.4. The summed E-state index contributed by atoms with van der Waals surface area (Å²) in [6.45, 7) is 2.47. The molecule has 0 saturated carbocycles. The Morgan fingerprint density at radius 2 is 1.64 bits per heavy atom. The topological polar surface area (TPSA) is 128 Å². The van der Waals surface area contributed by atoms with Gasteiger partial charge in [-0.3, -0.25) is 0 Å². The number of hydrogen-bond acceptors (Lipinski definition) is 8. The molecule has 0 fully saturated rings. The standard InChI is InChI=1S/C31H27F4N3O6S/c1-17-15-38(18(2)36-17)26-9-6-20(21-13-25(32)24(16-40)27(14-21)45(3,41)42)12-23(26)30-29(37-28(43-30)10-11-39)19-4-7-22(8-5-19)44-31(33,34)35/h4-9,12-15,39-40H,10-11,16H2,1-3H3. The van der Waals surface area contributed by atoms with Gasteiger partial charge in [-0.25, -0.2) is 22.8 Å². The highest BCUT2D eigenvalue weighted by atomic mass is 32.2. The lowest BCUT2D eigenvalue weighted by Gasteiger charge is -2.15. The average molecular weight is 646 g/mol. The Kier molecular flexibility index (Phi) is 8.58. The molecule has 5 rings (SSSR count). The van der Waals surface area contributed by atoms with Crippen LogP contribution in [-0.2, 0) is 22.9 Å². The molecule has 0 aliphatic carbocycles. The lowest BCUT2D eigenvalue weighted by Crippen LogP contribution is -2.16. The van der Waals surface area contributed by atoms with Gasteiger partial charge in [-0.15, -0.1) is 13.2 Å². The third-order valence-corrected chi connectivity index (χ3v) is 8.07. The van der Waals surface area contributed by atoms with Gasteiger partial charge in [0, 0.05) is 35.6 Å². The number of alkyl halides is 3. The van der Waals surface area contributed by atoms with Gasteiger partial charge in [-0.2, -0.15) is 0 Å². The molecule has 45 heavy (non-hydrogen) atoms. The fourth-order valence-electron chi connectivity index (χ4n) is 4.99. The molecule has 0 amide bonds. The van der Waals surface area contributed by atoms with Crippen LogP contribution in [0.2, 0.25) is 0 Å². The van der Waals surface area contributed by atoms with Crippen molar-refractivity contribution in [3.05, 3.63) is 89.6 Å². The molecule has 0 aliphatic heterocycles. The molecule has 5 aromatic rings. The van der Waals surface area contributed by atoms with E-state index in [1.807, 2.05) is 0 Å². The number of aliphatic hydroxyl groups excluding tert-OH is 2. The van der Waals surface area contributed by atoms with Gasteiger partial charge in [0.25, 0.3) is 0 Å². The molecular formula is C31H27F4N3O6S. The zero-order valence-corrected chi connectivity index (χ0v) is 25.0. The quantitative estimate of drug-likeness (QED) is 0.189. The summed E-state index contributed by atoms with van der Waals surface area (Å²) in [5.41, 5.74) is 2.51. The summed E-state index contributed by atoms with van der Waals surface area (Å²) >= 11 is 0. The Bertz CT molecular complexity index is 1980. The molecule has 0 spiro atoms. The number of hydrogen-bond donors (Lipinski definition) is 2. The number of aliphatic hydroxyl groups is 2. The minimum atomic E-state index is -4.88. The maximum absolute atomic E-state index is 15.1. The number of halogens is 4. The lowest BCUT2D eigenvalue weighted by atomic mass is 9.97. The summed E-state index contributed by atoms with van der Waals surface area (Å²) in [7, 11) is -3.92. The first kappa shape index (κ1) is 31.9. The van der Waals surface area contributed by atoms with E-state index in [0.717, 1.165) is 24.5 Å². The van der Waals surface area contributed by atoms with Crippen molar-refractivity contribution >= 4 is 9.84 Å². The van der Waals surface area contributed by atoms with E-state index in [4.69, 9.17) is 4.42 Å². The van der Waals surface area contributed by atoms with Crippen molar-refractivity contribution in [2.75, 3.05) is 12.9 Å². The van der Waals surface area contributed by atoms with E-state index in [9.17, 15) is 31.8 Å². The van der Waals surface area contributed by atoms with Crippen molar-refractivity contribution in [2.24, 2.45) is 0 Å². The van der Waals surface area contributed by atoms with Crippen molar-refractivity contribution in [3.8, 4) is 45.1 Å². The van der Waals surface area contributed by atoms with Crippen molar-refractivity contribution in [1.29, 1.82) is 0 Å². The Hall–Kier alpha value is -4.53. The number of nitrogens with zero attached hydrogens (tertiary/aromatic N) is 3. The van der Waals surface area contributed by atoms with Gasteiger partial charge < -0.3 is 23.9 Å². The minimum Gasteiger partial charge on any atom is -0.440 e. The highest BCUT2D eigenvalue weighted by Crippen LogP contribution is 2.40. The maximum atomic E-state index is 15.1. The van der Waals surface area contributed by atoms with Gasteiger partial charge in [0.05, 0.1) is 29.5 Å². The maximum Gasteiger partial charge on any atom is 0.573 e. The van der Waals surface area contributed by atoms with Crippen molar-refractivity contribution in [2.45, 2.75) is 38.1 Å². The molecule has 14 heteroatoms. The van der Waals surface area contributed by atoms with Crippen molar-refractivity contribution in [1.82, 2.24) is 14.5 Å². The van der Waals surface area contributed by atoms with Crippen LogP contribution < -0.4 is 4.74 Å². The summed E-state index contributed by atoms with van der Waals surface area (Å²) < 4.78 is 90.2. The molecule has 2 heterocycles. The second kappa shape index (κ2) is 12.1. The van der Waals surface area contributed by atoms with Gasteiger partial charge >= 0.3 is 6.36 Å². The molecule has 236 valence electrons. The fraction of sp³-hybridized carbons (Fsp3) is 0.226.